The minimum atomic E-state index is -0.0256. The highest BCUT2D eigenvalue weighted by molar-refractivity contribution is 6.06. The number of aliphatic hydroxyl groups is 1. The number of benzene rings is 1. The van der Waals surface area contributed by atoms with Crippen LogP contribution in [0, 0.1) is 0 Å². The molecule has 1 saturated heterocycles. The Kier molecular flexibility index (Phi) is 10.0. The number of carbonyl (C=O) groups excluding carboxylic acids is 2. The van der Waals surface area contributed by atoms with Crippen LogP contribution in [0.25, 0.3) is 0 Å². The Hall–Kier alpha value is -2.61. The van der Waals surface area contributed by atoms with Crippen molar-refractivity contribution in [2.75, 3.05) is 26.3 Å². The molecule has 0 bridgehead atoms. The molecule has 36 heavy (non-hydrogen) atoms. The van der Waals surface area contributed by atoms with E-state index in [0.717, 1.165) is 81.3 Å². The van der Waals surface area contributed by atoms with Gasteiger partial charge in [-0.3, -0.25) is 14.9 Å². The molecular formula is C28H42N4O4. The van der Waals surface area contributed by atoms with Gasteiger partial charge >= 0.3 is 0 Å². The number of aliphatic hydroxyl groups excluding tert-OH is 1. The van der Waals surface area contributed by atoms with E-state index >= 15 is 0 Å². The van der Waals surface area contributed by atoms with Crippen LogP contribution in [0.3, 0.4) is 0 Å². The van der Waals surface area contributed by atoms with Crippen molar-refractivity contribution in [3.63, 3.8) is 0 Å². The summed E-state index contributed by atoms with van der Waals surface area (Å²) in [6.07, 6.45) is 13.4. The molecule has 3 aliphatic rings. The maximum atomic E-state index is 13.1. The normalized spacial score (nSPS) is 17.3. The van der Waals surface area contributed by atoms with Crippen molar-refractivity contribution in [3.8, 4) is 5.75 Å². The van der Waals surface area contributed by atoms with E-state index in [1.807, 2.05) is 23.1 Å². The van der Waals surface area contributed by atoms with Crippen molar-refractivity contribution < 1.29 is 19.4 Å². The maximum Gasteiger partial charge on any atom is 0.246 e. The zero-order chi connectivity index (χ0) is 25.2. The van der Waals surface area contributed by atoms with Gasteiger partial charge in [-0.05, 0) is 51.0 Å². The molecule has 0 unspecified atom stereocenters. The van der Waals surface area contributed by atoms with Crippen LogP contribution in [-0.2, 0) is 16.1 Å². The lowest BCUT2D eigenvalue weighted by atomic mass is 9.93. The van der Waals surface area contributed by atoms with Gasteiger partial charge in [-0.15, -0.1) is 0 Å². The van der Waals surface area contributed by atoms with Crippen molar-refractivity contribution in [2.45, 2.75) is 96.1 Å². The van der Waals surface area contributed by atoms with Gasteiger partial charge in [0.15, 0.2) is 0 Å². The van der Waals surface area contributed by atoms with Crippen molar-refractivity contribution in [3.05, 3.63) is 23.8 Å². The third kappa shape index (κ3) is 7.21. The Labute approximate surface area is 215 Å². The van der Waals surface area contributed by atoms with Crippen LogP contribution in [0.5, 0.6) is 5.75 Å². The molecule has 1 aliphatic carbocycles. The highest BCUT2D eigenvalue weighted by Crippen LogP contribution is 2.36. The molecule has 2 fully saturated rings. The average molecular weight is 499 g/mol. The molecule has 8 nitrogen and oxygen atoms in total. The molecule has 1 aromatic rings. The fraction of sp³-hybridized carbons (Fsp3) is 0.679. The summed E-state index contributed by atoms with van der Waals surface area (Å²) in [5.41, 5.74) is 1.88. The number of ether oxygens (including phenoxy) is 1. The van der Waals surface area contributed by atoms with E-state index in [4.69, 9.17) is 9.84 Å². The standard InChI is InChI=1S/C28H42N4O4/c33-18-9-2-1-8-17-32(23-13-5-3-6-14-23)26(35)16-7-4-10-19-36-24-15-11-12-22-20-31-21-25(34)29-28(31)30-27(22)24/h11-12,15,23,33H,1-10,13-14,16-21H2,(H,29,30,34). The van der Waals surface area contributed by atoms with E-state index in [1.165, 1.54) is 19.3 Å². The van der Waals surface area contributed by atoms with Crippen LogP contribution in [0.1, 0.15) is 89.0 Å². The predicted molar refractivity (Wildman–Crippen MR) is 140 cm³/mol. The highest BCUT2D eigenvalue weighted by atomic mass is 16.5. The number of hydrogen-bond donors (Lipinski definition) is 2. The molecule has 2 aliphatic heterocycles. The van der Waals surface area contributed by atoms with Crippen molar-refractivity contribution in [1.29, 1.82) is 0 Å². The highest BCUT2D eigenvalue weighted by Gasteiger charge is 2.30. The molecule has 0 atom stereocenters. The van der Waals surface area contributed by atoms with Gasteiger partial charge in [-0.1, -0.05) is 44.2 Å². The number of nitrogens with zero attached hydrogens (tertiary/aromatic N) is 3. The number of hydrogen-bond acceptors (Lipinski definition) is 6. The Morgan fingerprint density at radius 3 is 2.69 bits per heavy atom. The zero-order valence-electron chi connectivity index (χ0n) is 21.6. The minimum Gasteiger partial charge on any atom is -0.491 e. The SMILES string of the molecule is O=C1CN2Cc3cccc(OCCCCCC(=O)N(CCCCCCO)C4CCCCC4)c3N=C2N1. The fourth-order valence-corrected chi connectivity index (χ4v) is 5.50. The lowest BCUT2D eigenvalue weighted by Gasteiger charge is -2.34. The Morgan fingerprint density at radius 2 is 1.86 bits per heavy atom. The number of rotatable bonds is 14. The van der Waals surface area contributed by atoms with Gasteiger partial charge in [0.1, 0.15) is 18.0 Å². The molecule has 8 heteroatoms. The first-order valence-electron chi connectivity index (χ1n) is 13.9. The molecule has 2 heterocycles. The topological polar surface area (TPSA) is 94.5 Å². The van der Waals surface area contributed by atoms with Crippen LogP contribution in [0.15, 0.2) is 23.2 Å². The van der Waals surface area contributed by atoms with Gasteiger partial charge in [-0.2, -0.15) is 0 Å². The Bertz CT molecular complexity index is 913. The Balaban J connectivity index is 1.19. The average Bonchev–Trinajstić information content (AvgIpc) is 3.26. The summed E-state index contributed by atoms with van der Waals surface area (Å²) < 4.78 is 6.06. The van der Waals surface area contributed by atoms with Crippen LogP contribution >= 0.6 is 0 Å². The van der Waals surface area contributed by atoms with E-state index in [0.29, 0.717) is 44.0 Å². The molecule has 0 spiro atoms. The molecule has 0 radical (unpaired) electrons. The van der Waals surface area contributed by atoms with Gasteiger partial charge < -0.3 is 19.6 Å². The number of amides is 2. The van der Waals surface area contributed by atoms with Gasteiger partial charge in [0.25, 0.3) is 0 Å². The van der Waals surface area contributed by atoms with E-state index in [1.54, 1.807) is 0 Å². The third-order valence-electron chi connectivity index (χ3n) is 7.48. The number of fused-ring (bicyclic) bond motifs is 2. The molecule has 1 aromatic carbocycles. The molecule has 2 N–H and O–H groups in total. The largest absolute Gasteiger partial charge is 0.491 e. The number of carbonyl (C=O) groups is 2. The lowest BCUT2D eigenvalue weighted by Crippen LogP contribution is -2.42. The lowest BCUT2D eigenvalue weighted by molar-refractivity contribution is -0.134. The monoisotopic (exact) mass is 498 g/mol. The predicted octanol–water partition coefficient (Wildman–Crippen LogP) is 4.27. The fourth-order valence-electron chi connectivity index (χ4n) is 5.50. The second-order valence-electron chi connectivity index (χ2n) is 10.3. The zero-order valence-corrected chi connectivity index (χ0v) is 21.6. The Morgan fingerprint density at radius 1 is 1.06 bits per heavy atom. The smallest absolute Gasteiger partial charge is 0.246 e. The van der Waals surface area contributed by atoms with E-state index in [9.17, 15) is 9.59 Å². The van der Waals surface area contributed by atoms with Gasteiger partial charge in [-0.25, -0.2) is 4.99 Å². The number of guanidine groups is 1. The second-order valence-corrected chi connectivity index (χ2v) is 10.3. The minimum absolute atomic E-state index is 0.0256. The van der Waals surface area contributed by atoms with Gasteiger partial charge in [0, 0.05) is 37.7 Å². The van der Waals surface area contributed by atoms with Gasteiger partial charge in [0.2, 0.25) is 17.8 Å². The summed E-state index contributed by atoms with van der Waals surface area (Å²) in [6, 6.07) is 6.35. The van der Waals surface area contributed by atoms with Crippen molar-refractivity contribution in [2.24, 2.45) is 4.99 Å². The first-order valence-corrected chi connectivity index (χ1v) is 13.9. The first kappa shape index (κ1) is 26.5. The second kappa shape index (κ2) is 13.6. The first-order chi connectivity index (χ1) is 17.7. The van der Waals surface area contributed by atoms with Gasteiger partial charge in [0.05, 0.1) is 6.61 Å². The van der Waals surface area contributed by atoms with E-state index < -0.39 is 0 Å². The van der Waals surface area contributed by atoms with Crippen molar-refractivity contribution >= 4 is 23.5 Å². The third-order valence-corrected chi connectivity index (χ3v) is 7.48. The molecule has 0 aromatic heterocycles. The maximum absolute atomic E-state index is 13.1. The summed E-state index contributed by atoms with van der Waals surface area (Å²) in [7, 11) is 0. The molecular weight excluding hydrogens is 456 g/mol. The number of aliphatic imine (C=N–C) groups is 1. The summed E-state index contributed by atoms with van der Waals surface area (Å²) in [5.74, 6) is 1.64. The molecule has 1 saturated carbocycles. The number of para-hydroxylation sites is 1. The van der Waals surface area contributed by atoms with Crippen LogP contribution in [0.2, 0.25) is 0 Å². The van der Waals surface area contributed by atoms with E-state index in [-0.39, 0.29) is 12.5 Å². The summed E-state index contributed by atoms with van der Waals surface area (Å²) in [4.78, 5) is 33.5. The van der Waals surface area contributed by atoms with Crippen LogP contribution < -0.4 is 10.1 Å². The van der Waals surface area contributed by atoms with Crippen LogP contribution in [-0.4, -0.2) is 65.0 Å². The van der Waals surface area contributed by atoms with Crippen LogP contribution in [0.4, 0.5) is 5.69 Å². The summed E-state index contributed by atoms with van der Waals surface area (Å²) in [6.45, 7) is 2.71. The molecule has 198 valence electrons. The summed E-state index contributed by atoms with van der Waals surface area (Å²) in [5, 5.41) is 11.8. The molecule has 2 amide bonds. The molecule has 4 rings (SSSR count). The number of nitrogens with one attached hydrogen (secondary N) is 1. The summed E-state index contributed by atoms with van der Waals surface area (Å²) >= 11 is 0. The quantitative estimate of drug-likeness (QED) is 0.374. The van der Waals surface area contributed by atoms with Crippen molar-refractivity contribution in [1.82, 2.24) is 15.1 Å². The van der Waals surface area contributed by atoms with E-state index in [2.05, 4.69) is 15.2 Å². The number of unbranched alkanes of at least 4 members (excludes halogenated alkanes) is 5.